The van der Waals surface area contributed by atoms with Crippen LogP contribution in [0.15, 0.2) is 29.2 Å². The van der Waals surface area contributed by atoms with Crippen molar-refractivity contribution in [2.45, 2.75) is 39.5 Å². The predicted molar refractivity (Wildman–Crippen MR) is 93.9 cm³/mol. The van der Waals surface area contributed by atoms with Crippen molar-refractivity contribution in [3.05, 3.63) is 52.1 Å². The smallest absolute Gasteiger partial charge is 0.262 e. The van der Waals surface area contributed by atoms with Crippen molar-refractivity contribution in [1.82, 2.24) is 0 Å². The minimum Gasteiger partial charge on any atom is -0.497 e. The van der Waals surface area contributed by atoms with E-state index in [1.807, 2.05) is 40.7 Å². The van der Waals surface area contributed by atoms with E-state index in [1.54, 1.807) is 25.3 Å². The lowest BCUT2D eigenvalue weighted by Crippen LogP contribution is -2.17. The fraction of sp³-hybridized carbons (Fsp3) is 0.333. The van der Waals surface area contributed by atoms with Gasteiger partial charge in [0.15, 0.2) is 0 Å². The van der Waals surface area contributed by atoms with Crippen molar-refractivity contribution in [3.63, 3.8) is 0 Å². The van der Waals surface area contributed by atoms with Crippen molar-refractivity contribution in [2.24, 2.45) is 0 Å². The van der Waals surface area contributed by atoms with Gasteiger partial charge in [0.05, 0.1) is 17.7 Å². The molecule has 0 aliphatic rings. The summed E-state index contributed by atoms with van der Waals surface area (Å²) >= 11 is 0. The average molecular weight is 333 g/mol. The molecule has 0 heterocycles. The van der Waals surface area contributed by atoms with Crippen LogP contribution in [0.3, 0.4) is 0 Å². The first kappa shape index (κ1) is 17.3. The third kappa shape index (κ3) is 3.34. The Morgan fingerprint density at radius 1 is 0.870 bits per heavy atom. The van der Waals surface area contributed by atoms with Gasteiger partial charge in [-0.15, -0.1) is 0 Å². The first-order valence-corrected chi connectivity index (χ1v) is 8.90. The summed E-state index contributed by atoms with van der Waals surface area (Å²) in [6.07, 6.45) is 0. The predicted octanol–water partition coefficient (Wildman–Crippen LogP) is 4.04. The van der Waals surface area contributed by atoms with E-state index in [4.69, 9.17) is 4.74 Å². The Hall–Kier alpha value is -2.01. The van der Waals surface area contributed by atoms with E-state index in [0.717, 1.165) is 27.8 Å². The molecule has 2 aromatic carbocycles. The van der Waals surface area contributed by atoms with Gasteiger partial charge in [0.2, 0.25) is 0 Å². The van der Waals surface area contributed by atoms with E-state index in [0.29, 0.717) is 16.3 Å². The fourth-order valence-electron chi connectivity index (χ4n) is 2.66. The number of methoxy groups -OCH3 is 1. The number of ether oxygens (including phenoxy) is 1. The SMILES string of the molecule is COc1ccc(NS(=O)(=O)c2c(C)c(C)cc(C)c2C)c(C)c1. The molecule has 0 aliphatic heterocycles. The Kier molecular flexibility index (Phi) is 4.71. The van der Waals surface area contributed by atoms with Gasteiger partial charge in [0.1, 0.15) is 5.75 Å². The highest BCUT2D eigenvalue weighted by atomic mass is 32.2. The van der Waals surface area contributed by atoms with E-state index in [2.05, 4.69) is 4.72 Å². The van der Waals surface area contributed by atoms with Crippen LogP contribution in [0.25, 0.3) is 0 Å². The first-order chi connectivity index (χ1) is 10.7. The van der Waals surface area contributed by atoms with E-state index in [-0.39, 0.29) is 0 Å². The number of hydrogen-bond acceptors (Lipinski definition) is 3. The molecule has 1 N–H and O–H groups in total. The van der Waals surface area contributed by atoms with Gasteiger partial charge >= 0.3 is 0 Å². The van der Waals surface area contributed by atoms with E-state index in [9.17, 15) is 8.42 Å². The fourth-order valence-corrected chi connectivity index (χ4v) is 4.41. The third-order valence-electron chi connectivity index (χ3n) is 4.24. The van der Waals surface area contributed by atoms with Crippen LogP contribution in [0.5, 0.6) is 5.75 Å². The molecule has 124 valence electrons. The molecule has 0 atom stereocenters. The van der Waals surface area contributed by atoms with Crippen LogP contribution in [0.1, 0.15) is 27.8 Å². The van der Waals surface area contributed by atoms with Gasteiger partial charge in [0, 0.05) is 0 Å². The third-order valence-corrected chi connectivity index (χ3v) is 5.88. The Morgan fingerprint density at radius 2 is 1.43 bits per heavy atom. The number of sulfonamides is 1. The van der Waals surface area contributed by atoms with Gasteiger partial charge in [-0.1, -0.05) is 6.07 Å². The van der Waals surface area contributed by atoms with E-state index >= 15 is 0 Å². The zero-order valence-corrected chi connectivity index (χ0v) is 15.3. The van der Waals surface area contributed by atoms with Crippen LogP contribution < -0.4 is 9.46 Å². The summed E-state index contributed by atoms with van der Waals surface area (Å²) < 4.78 is 33.7. The number of aryl methyl sites for hydroxylation is 3. The molecule has 0 aromatic heterocycles. The molecule has 0 unspecified atom stereocenters. The van der Waals surface area contributed by atoms with Crippen LogP contribution in [-0.4, -0.2) is 15.5 Å². The molecule has 0 bridgehead atoms. The molecule has 2 aromatic rings. The summed E-state index contributed by atoms with van der Waals surface area (Å²) in [5, 5.41) is 0. The molecule has 0 fully saturated rings. The number of anilines is 1. The molecule has 0 aliphatic carbocycles. The first-order valence-electron chi connectivity index (χ1n) is 7.42. The highest BCUT2D eigenvalue weighted by Gasteiger charge is 2.22. The van der Waals surface area contributed by atoms with Crippen molar-refractivity contribution in [1.29, 1.82) is 0 Å². The molecule has 0 radical (unpaired) electrons. The Bertz CT molecular complexity index is 829. The van der Waals surface area contributed by atoms with Gasteiger partial charge in [-0.2, -0.15) is 0 Å². The van der Waals surface area contributed by atoms with Crippen molar-refractivity contribution >= 4 is 15.7 Å². The van der Waals surface area contributed by atoms with E-state index < -0.39 is 10.0 Å². The van der Waals surface area contributed by atoms with Crippen LogP contribution >= 0.6 is 0 Å². The maximum absolute atomic E-state index is 12.9. The van der Waals surface area contributed by atoms with Gasteiger partial charge in [0.25, 0.3) is 10.0 Å². The molecular formula is C18H23NO3S. The molecular weight excluding hydrogens is 310 g/mol. The van der Waals surface area contributed by atoms with Gasteiger partial charge in [-0.25, -0.2) is 8.42 Å². The van der Waals surface area contributed by atoms with Crippen LogP contribution in [0.4, 0.5) is 5.69 Å². The summed E-state index contributed by atoms with van der Waals surface area (Å²) in [6.45, 7) is 9.40. The molecule has 23 heavy (non-hydrogen) atoms. The Labute approximate surface area is 138 Å². The minimum atomic E-state index is -3.65. The van der Waals surface area contributed by atoms with Crippen molar-refractivity contribution in [3.8, 4) is 5.75 Å². The van der Waals surface area contributed by atoms with Crippen LogP contribution in [-0.2, 0) is 10.0 Å². The quantitative estimate of drug-likeness (QED) is 0.919. The minimum absolute atomic E-state index is 0.366. The second kappa shape index (κ2) is 6.24. The van der Waals surface area contributed by atoms with Crippen molar-refractivity contribution < 1.29 is 13.2 Å². The second-order valence-corrected chi connectivity index (χ2v) is 7.50. The molecule has 0 spiro atoms. The van der Waals surface area contributed by atoms with Gasteiger partial charge in [-0.05, 0) is 80.6 Å². The van der Waals surface area contributed by atoms with Crippen LogP contribution in [0, 0.1) is 34.6 Å². The number of rotatable bonds is 4. The molecule has 0 saturated heterocycles. The maximum atomic E-state index is 12.9. The monoisotopic (exact) mass is 333 g/mol. The summed E-state index contributed by atoms with van der Waals surface area (Å²) in [4.78, 5) is 0.366. The number of hydrogen-bond donors (Lipinski definition) is 1. The van der Waals surface area contributed by atoms with E-state index in [1.165, 1.54) is 0 Å². The molecule has 0 saturated carbocycles. The topological polar surface area (TPSA) is 55.4 Å². The highest BCUT2D eigenvalue weighted by molar-refractivity contribution is 7.92. The number of benzene rings is 2. The normalized spacial score (nSPS) is 11.4. The lowest BCUT2D eigenvalue weighted by Gasteiger charge is -2.17. The zero-order valence-electron chi connectivity index (χ0n) is 14.4. The summed E-state index contributed by atoms with van der Waals surface area (Å²) in [7, 11) is -2.07. The summed E-state index contributed by atoms with van der Waals surface area (Å²) in [5.41, 5.74) is 4.88. The number of nitrogens with one attached hydrogen (secondary N) is 1. The molecule has 0 amide bonds. The zero-order chi connectivity index (χ0) is 17.4. The summed E-state index contributed by atoms with van der Waals surface area (Å²) in [6, 6.07) is 7.28. The largest absolute Gasteiger partial charge is 0.497 e. The lowest BCUT2D eigenvalue weighted by molar-refractivity contribution is 0.414. The Balaban J connectivity index is 2.53. The maximum Gasteiger partial charge on any atom is 0.262 e. The van der Waals surface area contributed by atoms with Gasteiger partial charge < -0.3 is 4.74 Å². The Morgan fingerprint density at radius 3 is 1.91 bits per heavy atom. The highest BCUT2D eigenvalue weighted by Crippen LogP contribution is 2.29. The molecule has 4 nitrogen and oxygen atoms in total. The van der Waals surface area contributed by atoms with Crippen LogP contribution in [0.2, 0.25) is 0 Å². The van der Waals surface area contributed by atoms with Crippen molar-refractivity contribution in [2.75, 3.05) is 11.8 Å². The molecule has 2 rings (SSSR count). The van der Waals surface area contributed by atoms with Gasteiger partial charge in [-0.3, -0.25) is 4.72 Å². The lowest BCUT2D eigenvalue weighted by atomic mass is 10.0. The molecule has 5 heteroatoms. The second-order valence-electron chi connectivity index (χ2n) is 5.88. The summed E-state index contributed by atoms with van der Waals surface area (Å²) in [5.74, 6) is 0.698. The standard InChI is InChI=1S/C18H23NO3S/c1-11-9-12(2)15(5)18(14(11)4)23(20,21)19-17-8-7-16(22-6)10-13(17)3/h7-10,19H,1-6H3. The average Bonchev–Trinajstić information content (AvgIpc) is 2.47.